The summed E-state index contributed by atoms with van der Waals surface area (Å²) in [5, 5.41) is 4.17. The second-order valence-electron chi connectivity index (χ2n) is 6.10. The number of rotatable bonds is 5. The molecule has 122 valence electrons. The van der Waals surface area contributed by atoms with Crippen LogP contribution in [0.1, 0.15) is 43.1 Å². The standard InChI is InChI=1S/C16H25N3O3/c1-12-4-6-13(7-5-12)18(2)16(21)14-8-9-15(20)19(17-14)10-11-22-3/h8-9,12-13H,4-7,10-11H2,1-3H3. The van der Waals surface area contributed by atoms with Crippen LogP contribution in [-0.4, -0.2) is 47.4 Å². The molecule has 1 aliphatic carbocycles. The molecule has 0 aromatic carbocycles. The van der Waals surface area contributed by atoms with Crippen LogP contribution in [0.2, 0.25) is 0 Å². The van der Waals surface area contributed by atoms with Crippen molar-refractivity contribution in [2.75, 3.05) is 20.8 Å². The van der Waals surface area contributed by atoms with Crippen molar-refractivity contribution in [2.24, 2.45) is 5.92 Å². The average molecular weight is 307 g/mol. The number of carbonyl (C=O) groups excluding carboxylic acids is 1. The summed E-state index contributed by atoms with van der Waals surface area (Å²) in [5.74, 6) is 0.625. The van der Waals surface area contributed by atoms with E-state index in [1.54, 1.807) is 12.0 Å². The predicted octanol–water partition coefficient (Wildman–Crippen LogP) is 1.54. The van der Waals surface area contributed by atoms with Gasteiger partial charge in [-0.3, -0.25) is 9.59 Å². The number of aromatic nitrogens is 2. The van der Waals surface area contributed by atoms with Crippen molar-refractivity contribution < 1.29 is 9.53 Å². The maximum Gasteiger partial charge on any atom is 0.274 e. The molecular weight excluding hydrogens is 282 g/mol. The monoisotopic (exact) mass is 307 g/mol. The largest absolute Gasteiger partial charge is 0.383 e. The third-order valence-corrected chi connectivity index (χ3v) is 4.45. The molecular formula is C16H25N3O3. The zero-order valence-corrected chi connectivity index (χ0v) is 13.6. The molecule has 1 aromatic heterocycles. The highest BCUT2D eigenvalue weighted by molar-refractivity contribution is 5.92. The van der Waals surface area contributed by atoms with Gasteiger partial charge >= 0.3 is 0 Å². The van der Waals surface area contributed by atoms with Crippen LogP contribution in [0.15, 0.2) is 16.9 Å². The molecule has 1 aliphatic rings. The topological polar surface area (TPSA) is 64.4 Å². The molecule has 0 N–H and O–H groups in total. The third-order valence-electron chi connectivity index (χ3n) is 4.45. The molecule has 22 heavy (non-hydrogen) atoms. The SMILES string of the molecule is COCCn1nc(C(=O)N(C)C2CCC(C)CC2)ccc1=O. The van der Waals surface area contributed by atoms with E-state index in [1.807, 2.05) is 7.05 Å². The zero-order valence-electron chi connectivity index (χ0n) is 13.6. The van der Waals surface area contributed by atoms with E-state index < -0.39 is 0 Å². The second-order valence-corrected chi connectivity index (χ2v) is 6.10. The maximum absolute atomic E-state index is 12.6. The van der Waals surface area contributed by atoms with E-state index >= 15 is 0 Å². The molecule has 0 aliphatic heterocycles. The lowest BCUT2D eigenvalue weighted by Gasteiger charge is -2.33. The van der Waals surface area contributed by atoms with Crippen LogP contribution < -0.4 is 5.56 Å². The Kier molecular flexibility index (Phi) is 5.71. The first-order valence-corrected chi connectivity index (χ1v) is 7.87. The molecule has 0 radical (unpaired) electrons. The van der Waals surface area contributed by atoms with Gasteiger partial charge in [0, 0.05) is 26.3 Å². The molecule has 2 rings (SSSR count). The molecule has 1 aromatic rings. The lowest BCUT2D eigenvalue weighted by atomic mass is 9.86. The van der Waals surface area contributed by atoms with Crippen molar-refractivity contribution in [2.45, 2.75) is 45.2 Å². The first-order valence-electron chi connectivity index (χ1n) is 7.87. The number of hydrogen-bond acceptors (Lipinski definition) is 4. The predicted molar refractivity (Wildman–Crippen MR) is 83.9 cm³/mol. The quantitative estimate of drug-likeness (QED) is 0.828. The fourth-order valence-corrected chi connectivity index (χ4v) is 2.88. The van der Waals surface area contributed by atoms with Gasteiger partial charge in [-0.2, -0.15) is 5.10 Å². The molecule has 1 fully saturated rings. The van der Waals surface area contributed by atoms with Gasteiger partial charge in [-0.1, -0.05) is 6.92 Å². The molecule has 1 heterocycles. The normalized spacial score (nSPS) is 21.6. The van der Waals surface area contributed by atoms with Crippen LogP contribution in [0.5, 0.6) is 0 Å². The van der Waals surface area contributed by atoms with Crippen molar-refractivity contribution >= 4 is 5.91 Å². The van der Waals surface area contributed by atoms with Gasteiger partial charge in [-0.25, -0.2) is 4.68 Å². The second kappa shape index (κ2) is 7.54. The Balaban J connectivity index is 2.09. The minimum absolute atomic E-state index is 0.120. The van der Waals surface area contributed by atoms with Gasteiger partial charge in [0.25, 0.3) is 11.5 Å². The van der Waals surface area contributed by atoms with E-state index in [4.69, 9.17) is 4.74 Å². The molecule has 6 heteroatoms. The van der Waals surface area contributed by atoms with E-state index in [-0.39, 0.29) is 17.5 Å². The summed E-state index contributed by atoms with van der Waals surface area (Å²) >= 11 is 0. The highest BCUT2D eigenvalue weighted by Crippen LogP contribution is 2.26. The van der Waals surface area contributed by atoms with Gasteiger partial charge in [0.2, 0.25) is 0 Å². The molecule has 0 atom stereocenters. The summed E-state index contributed by atoms with van der Waals surface area (Å²) in [6.07, 6.45) is 4.38. The van der Waals surface area contributed by atoms with Gasteiger partial charge in [0.15, 0.2) is 0 Å². The van der Waals surface area contributed by atoms with Gasteiger partial charge < -0.3 is 9.64 Å². The van der Waals surface area contributed by atoms with Gasteiger partial charge in [-0.15, -0.1) is 0 Å². The average Bonchev–Trinajstić information content (AvgIpc) is 2.53. The molecule has 0 saturated heterocycles. The molecule has 0 spiro atoms. The van der Waals surface area contributed by atoms with Gasteiger partial charge in [0.05, 0.1) is 13.2 Å². The van der Waals surface area contributed by atoms with Crippen LogP contribution in [-0.2, 0) is 11.3 Å². The van der Waals surface area contributed by atoms with E-state index in [9.17, 15) is 9.59 Å². The Morgan fingerprint density at radius 1 is 1.36 bits per heavy atom. The zero-order chi connectivity index (χ0) is 16.1. The van der Waals surface area contributed by atoms with E-state index in [1.165, 1.54) is 16.8 Å². The fourth-order valence-electron chi connectivity index (χ4n) is 2.88. The maximum atomic E-state index is 12.6. The minimum Gasteiger partial charge on any atom is -0.383 e. The summed E-state index contributed by atoms with van der Waals surface area (Å²) in [6.45, 7) is 2.99. The summed E-state index contributed by atoms with van der Waals surface area (Å²) in [5.41, 5.74) is 0.0968. The summed E-state index contributed by atoms with van der Waals surface area (Å²) in [4.78, 5) is 26.1. The smallest absolute Gasteiger partial charge is 0.274 e. The number of ether oxygens (including phenoxy) is 1. The number of carbonyl (C=O) groups is 1. The van der Waals surface area contributed by atoms with Crippen LogP contribution in [0, 0.1) is 5.92 Å². The number of hydrogen-bond donors (Lipinski definition) is 0. The van der Waals surface area contributed by atoms with Crippen molar-refractivity contribution in [1.29, 1.82) is 0 Å². The molecule has 0 bridgehead atoms. The van der Waals surface area contributed by atoms with E-state index in [2.05, 4.69) is 12.0 Å². The summed E-state index contributed by atoms with van der Waals surface area (Å²) in [6, 6.07) is 3.17. The molecule has 1 saturated carbocycles. The number of nitrogens with zero attached hydrogens (tertiary/aromatic N) is 3. The van der Waals surface area contributed by atoms with Crippen molar-refractivity contribution in [3.05, 3.63) is 28.2 Å². The lowest BCUT2D eigenvalue weighted by Crippen LogP contribution is -2.40. The van der Waals surface area contributed by atoms with E-state index in [0.29, 0.717) is 18.8 Å². The van der Waals surface area contributed by atoms with Gasteiger partial charge in [-0.05, 0) is 37.7 Å². The molecule has 1 amide bonds. The Morgan fingerprint density at radius 2 is 2.05 bits per heavy atom. The van der Waals surface area contributed by atoms with Crippen LogP contribution in [0.25, 0.3) is 0 Å². The fraction of sp³-hybridized carbons (Fsp3) is 0.688. The third kappa shape index (κ3) is 3.94. The van der Waals surface area contributed by atoms with E-state index in [0.717, 1.165) is 31.6 Å². The van der Waals surface area contributed by atoms with Crippen LogP contribution in [0.4, 0.5) is 0 Å². The first-order chi connectivity index (χ1) is 10.5. The van der Waals surface area contributed by atoms with Crippen molar-refractivity contribution in [3.63, 3.8) is 0 Å². The molecule has 0 unspecified atom stereocenters. The highest BCUT2D eigenvalue weighted by atomic mass is 16.5. The van der Waals surface area contributed by atoms with Crippen LogP contribution in [0.3, 0.4) is 0 Å². The Hall–Kier alpha value is -1.69. The molecule has 6 nitrogen and oxygen atoms in total. The number of methoxy groups -OCH3 is 1. The summed E-state index contributed by atoms with van der Waals surface area (Å²) in [7, 11) is 3.40. The Bertz CT molecular complexity index is 562. The van der Waals surface area contributed by atoms with Gasteiger partial charge in [0.1, 0.15) is 5.69 Å². The lowest BCUT2D eigenvalue weighted by molar-refractivity contribution is 0.0670. The minimum atomic E-state index is -0.220. The Morgan fingerprint density at radius 3 is 2.68 bits per heavy atom. The van der Waals surface area contributed by atoms with Crippen molar-refractivity contribution in [3.8, 4) is 0 Å². The number of amides is 1. The summed E-state index contributed by atoms with van der Waals surface area (Å²) < 4.78 is 6.24. The highest BCUT2D eigenvalue weighted by Gasteiger charge is 2.26. The first kappa shape index (κ1) is 16.7. The van der Waals surface area contributed by atoms with Crippen LogP contribution >= 0.6 is 0 Å². The van der Waals surface area contributed by atoms with Crippen molar-refractivity contribution in [1.82, 2.24) is 14.7 Å². The Labute approximate surface area is 131 Å².